The molecule has 1 aliphatic rings. The van der Waals surface area contributed by atoms with Gasteiger partial charge in [0.05, 0.1) is 0 Å². The van der Waals surface area contributed by atoms with Crippen LogP contribution < -0.4 is 5.56 Å². The molecule has 1 aliphatic carbocycles. The Morgan fingerprint density at radius 1 is 1.36 bits per heavy atom. The highest BCUT2D eigenvalue weighted by Gasteiger charge is 2.18. The van der Waals surface area contributed by atoms with Crippen molar-refractivity contribution in [3.63, 3.8) is 0 Å². The van der Waals surface area contributed by atoms with Crippen LogP contribution in [0, 0.1) is 0 Å². The molecule has 1 amide bonds. The van der Waals surface area contributed by atoms with Gasteiger partial charge in [0.1, 0.15) is 0 Å². The predicted molar refractivity (Wildman–Crippen MR) is 102 cm³/mol. The molecule has 0 unspecified atom stereocenters. The monoisotopic (exact) mass is 334 g/mol. The number of hydrogen-bond donors (Lipinski definition) is 0. The van der Waals surface area contributed by atoms with Gasteiger partial charge < -0.3 is 9.47 Å². The second kappa shape index (κ2) is 6.93. The summed E-state index contributed by atoms with van der Waals surface area (Å²) in [6.45, 7) is 4.35. The maximum Gasteiger partial charge on any atom is 0.254 e. The van der Waals surface area contributed by atoms with Crippen molar-refractivity contribution in [2.45, 2.75) is 19.4 Å². The molecule has 0 N–H and O–H groups in total. The van der Waals surface area contributed by atoms with Gasteiger partial charge >= 0.3 is 0 Å². The molecule has 4 heteroatoms. The van der Waals surface area contributed by atoms with E-state index in [9.17, 15) is 9.59 Å². The third-order valence-corrected chi connectivity index (χ3v) is 4.43. The van der Waals surface area contributed by atoms with Crippen molar-refractivity contribution in [1.29, 1.82) is 0 Å². The van der Waals surface area contributed by atoms with Gasteiger partial charge in [-0.2, -0.15) is 0 Å². The van der Waals surface area contributed by atoms with Crippen molar-refractivity contribution in [2.75, 3.05) is 14.1 Å². The molecule has 128 valence electrons. The minimum atomic E-state index is -0.0333. The first-order valence-corrected chi connectivity index (χ1v) is 8.38. The topological polar surface area (TPSA) is 42.3 Å². The van der Waals surface area contributed by atoms with E-state index in [1.807, 2.05) is 48.7 Å². The maximum atomic E-state index is 12.6. The molecule has 4 nitrogen and oxygen atoms in total. The normalized spacial score (nSPS) is 12.1. The van der Waals surface area contributed by atoms with E-state index in [2.05, 4.69) is 6.58 Å². The van der Waals surface area contributed by atoms with Gasteiger partial charge in [-0.25, -0.2) is 0 Å². The molecule has 0 radical (unpaired) electrons. The van der Waals surface area contributed by atoms with Gasteiger partial charge in [0.25, 0.3) is 11.5 Å². The molecule has 0 atom stereocenters. The molecule has 0 fully saturated rings. The van der Waals surface area contributed by atoms with Crippen LogP contribution in [0.2, 0.25) is 0 Å². The van der Waals surface area contributed by atoms with Gasteiger partial charge in [-0.3, -0.25) is 9.59 Å². The fourth-order valence-electron chi connectivity index (χ4n) is 3.12. The van der Waals surface area contributed by atoms with Crippen LogP contribution in [0.1, 0.15) is 27.9 Å². The van der Waals surface area contributed by atoms with Crippen molar-refractivity contribution < 1.29 is 4.79 Å². The summed E-state index contributed by atoms with van der Waals surface area (Å²) in [5.74, 6) is -0.0333. The average molecular weight is 334 g/mol. The van der Waals surface area contributed by atoms with E-state index in [0.717, 1.165) is 28.7 Å². The third-order valence-electron chi connectivity index (χ3n) is 4.43. The largest absolute Gasteiger partial charge is 0.345 e. The summed E-state index contributed by atoms with van der Waals surface area (Å²) in [7, 11) is 3.48. The highest BCUT2D eigenvalue weighted by Crippen LogP contribution is 2.30. The molecule has 1 aromatic heterocycles. The lowest BCUT2D eigenvalue weighted by atomic mass is 9.97. The zero-order chi connectivity index (χ0) is 18.0. The van der Waals surface area contributed by atoms with E-state index in [4.69, 9.17) is 0 Å². The summed E-state index contributed by atoms with van der Waals surface area (Å²) in [5.41, 5.74) is 4.43. The Kier molecular flexibility index (Phi) is 4.70. The third kappa shape index (κ3) is 3.20. The second-order valence-electron chi connectivity index (χ2n) is 6.40. The lowest BCUT2D eigenvalue weighted by Crippen LogP contribution is -2.24. The number of rotatable bonds is 5. The summed E-state index contributed by atoms with van der Waals surface area (Å²) < 4.78 is 1.75. The molecule has 1 aromatic carbocycles. The molecule has 3 rings (SSSR count). The minimum Gasteiger partial charge on any atom is -0.345 e. The first-order valence-electron chi connectivity index (χ1n) is 8.38. The minimum absolute atomic E-state index is 0.0333. The molecule has 1 heterocycles. The number of benzene rings is 1. The highest BCUT2D eigenvalue weighted by atomic mass is 16.2. The van der Waals surface area contributed by atoms with Gasteiger partial charge in [0.15, 0.2) is 0 Å². The molecular formula is C21H22N2O2. The van der Waals surface area contributed by atoms with E-state index in [0.29, 0.717) is 18.5 Å². The molecule has 0 spiro atoms. The molecule has 0 saturated heterocycles. The number of aryl methyl sites for hydroxylation is 1. The Balaban J connectivity index is 2.14. The van der Waals surface area contributed by atoms with Gasteiger partial charge in [0, 0.05) is 43.5 Å². The zero-order valence-corrected chi connectivity index (χ0v) is 14.7. The molecule has 2 aromatic rings. The molecule has 0 aliphatic heterocycles. The zero-order valence-electron chi connectivity index (χ0n) is 14.7. The Morgan fingerprint density at radius 3 is 2.88 bits per heavy atom. The summed E-state index contributed by atoms with van der Waals surface area (Å²) in [6, 6.07) is 7.58. The SMILES string of the molecule is C=CCCn1cc(-c2cccc(C(=O)N(C)C)c2)c2c(c1=O)CC=C2. The molecule has 25 heavy (non-hydrogen) atoms. The highest BCUT2D eigenvalue weighted by molar-refractivity contribution is 5.95. The Hall–Kier alpha value is -2.88. The van der Waals surface area contributed by atoms with Crippen molar-refractivity contribution in [3.8, 4) is 11.1 Å². The number of carbonyl (C=O) groups is 1. The van der Waals surface area contributed by atoms with Crippen molar-refractivity contribution in [2.24, 2.45) is 0 Å². The average Bonchev–Trinajstić information content (AvgIpc) is 3.11. The van der Waals surface area contributed by atoms with Crippen LogP contribution in [0.4, 0.5) is 0 Å². The van der Waals surface area contributed by atoms with E-state index >= 15 is 0 Å². The smallest absolute Gasteiger partial charge is 0.254 e. The summed E-state index contributed by atoms with van der Waals surface area (Å²) >= 11 is 0. The molecule has 0 saturated carbocycles. The lowest BCUT2D eigenvalue weighted by molar-refractivity contribution is 0.0827. The maximum absolute atomic E-state index is 12.6. The van der Waals surface area contributed by atoms with E-state index in [1.165, 1.54) is 0 Å². The number of nitrogens with zero attached hydrogens (tertiary/aromatic N) is 2. The van der Waals surface area contributed by atoms with Crippen LogP contribution in [0.5, 0.6) is 0 Å². The number of amides is 1. The lowest BCUT2D eigenvalue weighted by Gasteiger charge is -2.15. The van der Waals surface area contributed by atoms with E-state index < -0.39 is 0 Å². The Labute approximate surface area is 147 Å². The van der Waals surface area contributed by atoms with Gasteiger partial charge in [-0.05, 0) is 36.1 Å². The van der Waals surface area contributed by atoms with Crippen LogP contribution in [0.3, 0.4) is 0 Å². The number of hydrogen-bond acceptors (Lipinski definition) is 2. The van der Waals surface area contributed by atoms with Crippen LogP contribution in [-0.4, -0.2) is 29.5 Å². The fraction of sp³-hybridized carbons (Fsp3) is 0.238. The van der Waals surface area contributed by atoms with Crippen molar-refractivity contribution >= 4 is 12.0 Å². The van der Waals surface area contributed by atoms with Crippen molar-refractivity contribution in [3.05, 3.63) is 76.2 Å². The van der Waals surface area contributed by atoms with Gasteiger partial charge in [0.2, 0.25) is 0 Å². The van der Waals surface area contributed by atoms with E-state index in [1.54, 1.807) is 23.6 Å². The number of fused-ring (bicyclic) bond motifs is 1. The summed E-state index contributed by atoms with van der Waals surface area (Å²) in [5, 5.41) is 0. The Morgan fingerprint density at radius 2 is 2.16 bits per heavy atom. The number of carbonyl (C=O) groups excluding carboxylic acids is 1. The van der Waals surface area contributed by atoms with Gasteiger partial charge in [-0.15, -0.1) is 6.58 Å². The van der Waals surface area contributed by atoms with Crippen LogP contribution in [0.15, 0.2) is 54.0 Å². The van der Waals surface area contributed by atoms with E-state index in [-0.39, 0.29) is 11.5 Å². The number of aromatic nitrogens is 1. The first-order chi connectivity index (χ1) is 12.0. The Bertz CT molecular complexity index is 920. The summed E-state index contributed by atoms with van der Waals surface area (Å²) in [6.07, 6.45) is 9.14. The van der Waals surface area contributed by atoms with Crippen LogP contribution in [-0.2, 0) is 13.0 Å². The van der Waals surface area contributed by atoms with Gasteiger partial charge in [-0.1, -0.05) is 30.4 Å². The quantitative estimate of drug-likeness (QED) is 0.787. The van der Waals surface area contributed by atoms with Crippen LogP contribution in [0.25, 0.3) is 17.2 Å². The number of pyridine rings is 1. The fourth-order valence-corrected chi connectivity index (χ4v) is 3.12. The summed E-state index contributed by atoms with van der Waals surface area (Å²) in [4.78, 5) is 26.5. The second-order valence-corrected chi connectivity index (χ2v) is 6.40. The first kappa shape index (κ1) is 17.0. The molecule has 0 bridgehead atoms. The van der Waals surface area contributed by atoms with Crippen molar-refractivity contribution in [1.82, 2.24) is 9.47 Å². The van der Waals surface area contributed by atoms with Crippen LogP contribution >= 0.6 is 0 Å². The standard InChI is InChI=1S/C21H22N2O2/c1-4-5-12-23-14-19(17-10-7-11-18(17)21(23)25)15-8-6-9-16(13-15)20(24)22(2)3/h4,6-10,13-14H,1,5,11-12H2,2-3H3. The predicted octanol–water partition coefficient (Wildman–Crippen LogP) is 3.36. The molecular weight excluding hydrogens is 312 g/mol. The number of allylic oxidation sites excluding steroid dienone is 2.